The molecule has 0 heterocycles. The van der Waals surface area contributed by atoms with Gasteiger partial charge in [-0.25, -0.2) is 9.09 Å². The lowest BCUT2D eigenvalue weighted by Gasteiger charge is -2.28. The average Bonchev–Trinajstić information content (AvgIpc) is 1.64. The molecular formula is C5H13NO2P+. The Morgan fingerprint density at radius 2 is 1.89 bits per heavy atom. The second kappa shape index (κ2) is 3.25. The molecule has 0 aromatic heterocycles. The van der Waals surface area contributed by atoms with Crippen LogP contribution in [-0.4, -0.2) is 31.9 Å². The maximum absolute atomic E-state index is 9.93. The van der Waals surface area contributed by atoms with Crippen LogP contribution in [0.3, 0.4) is 0 Å². The largest absolute Gasteiger partial charge is 0.332 e. The van der Waals surface area contributed by atoms with Gasteiger partial charge in [0.1, 0.15) is 0 Å². The summed E-state index contributed by atoms with van der Waals surface area (Å²) in [4.78, 5) is 0. The fourth-order valence-corrected chi connectivity index (χ4v) is 0.611. The Kier molecular flexibility index (Phi) is 3.26. The molecule has 0 radical (unpaired) electrons. The lowest BCUT2D eigenvalue weighted by Crippen LogP contribution is -2.43. The van der Waals surface area contributed by atoms with Crippen molar-refractivity contribution in [2.45, 2.75) is 13.2 Å². The van der Waals surface area contributed by atoms with Crippen LogP contribution in [0.5, 0.6) is 0 Å². The van der Waals surface area contributed by atoms with E-state index in [0.29, 0.717) is 4.48 Å². The molecule has 0 aliphatic heterocycles. The Bertz CT molecular complexity index is 99.6. The first-order chi connectivity index (χ1) is 3.98. The summed E-state index contributed by atoms with van der Waals surface area (Å²) in [6.45, 7) is 1.88. The summed E-state index contributed by atoms with van der Waals surface area (Å²) in [6, 6.07) is 0. The molecule has 0 N–H and O–H groups in total. The quantitative estimate of drug-likeness (QED) is 0.344. The minimum Gasteiger partial charge on any atom is -0.305 e. The van der Waals surface area contributed by atoms with Crippen molar-refractivity contribution in [1.82, 2.24) is 0 Å². The molecule has 0 saturated carbocycles. The monoisotopic (exact) mass is 150 g/mol. The third-order valence-corrected chi connectivity index (χ3v) is 1.68. The van der Waals surface area contributed by atoms with Crippen LogP contribution in [0.25, 0.3) is 0 Å². The summed E-state index contributed by atoms with van der Waals surface area (Å²) >= 11 is 0. The van der Waals surface area contributed by atoms with Gasteiger partial charge in [0, 0.05) is 6.92 Å². The molecule has 1 unspecified atom stereocenters. The van der Waals surface area contributed by atoms with Crippen LogP contribution in [0.4, 0.5) is 0 Å². The molecule has 54 valence electrons. The molecule has 4 heteroatoms. The first-order valence-corrected chi connectivity index (χ1v) is 3.51. The van der Waals surface area contributed by atoms with E-state index in [9.17, 15) is 4.57 Å². The zero-order valence-corrected chi connectivity index (χ0v) is 7.18. The van der Waals surface area contributed by atoms with Crippen molar-refractivity contribution in [1.29, 1.82) is 0 Å². The highest BCUT2D eigenvalue weighted by Gasteiger charge is 2.18. The molecular weight excluding hydrogens is 137 g/mol. The first-order valence-electron chi connectivity index (χ1n) is 2.78. The van der Waals surface area contributed by atoms with Crippen molar-refractivity contribution in [2.75, 3.05) is 21.1 Å². The maximum atomic E-state index is 9.93. The Balaban J connectivity index is 3.72. The van der Waals surface area contributed by atoms with Crippen LogP contribution >= 0.6 is 8.69 Å². The molecule has 0 aromatic rings. The molecule has 1 atom stereocenters. The Morgan fingerprint density at radius 1 is 1.44 bits per heavy atom. The van der Waals surface area contributed by atoms with Gasteiger partial charge in [0.15, 0.2) is 0 Å². The minimum absolute atomic E-state index is 0.0239. The molecule has 0 aliphatic rings. The van der Waals surface area contributed by atoms with Gasteiger partial charge in [-0.05, 0) is 0 Å². The minimum atomic E-state index is -0.241. The van der Waals surface area contributed by atoms with E-state index in [1.54, 1.807) is 0 Å². The van der Waals surface area contributed by atoms with Gasteiger partial charge < -0.3 is 4.48 Å². The highest BCUT2D eigenvalue weighted by atomic mass is 31.1. The highest BCUT2D eigenvalue weighted by molar-refractivity contribution is 7.17. The number of hydrogen-bond donors (Lipinski definition) is 0. The van der Waals surface area contributed by atoms with Crippen molar-refractivity contribution in [2.24, 2.45) is 0 Å². The third kappa shape index (κ3) is 3.57. The SMILES string of the molecule is CC(OP=O)[N+](C)(C)C. The second-order valence-electron chi connectivity index (χ2n) is 2.90. The molecule has 9 heavy (non-hydrogen) atoms. The van der Waals surface area contributed by atoms with Crippen LogP contribution in [0.2, 0.25) is 0 Å². The fraction of sp³-hybridized carbons (Fsp3) is 1.00. The normalized spacial score (nSPS) is 16.0. The second-order valence-corrected chi connectivity index (χ2v) is 3.26. The molecule has 0 amide bonds. The molecule has 3 nitrogen and oxygen atoms in total. The van der Waals surface area contributed by atoms with Crippen molar-refractivity contribution in [3.8, 4) is 0 Å². The summed E-state index contributed by atoms with van der Waals surface area (Å²) in [6.07, 6.45) is -0.0239. The Morgan fingerprint density at radius 3 is 2.00 bits per heavy atom. The fourth-order valence-electron chi connectivity index (χ4n) is 0.204. The van der Waals surface area contributed by atoms with Gasteiger partial charge in [0.05, 0.1) is 21.1 Å². The molecule has 0 aromatic carbocycles. The van der Waals surface area contributed by atoms with Gasteiger partial charge in [-0.3, -0.25) is 0 Å². The van der Waals surface area contributed by atoms with Gasteiger partial charge >= 0.3 is 8.69 Å². The number of rotatable bonds is 3. The summed E-state index contributed by atoms with van der Waals surface area (Å²) in [5.41, 5.74) is 0. The molecule has 0 fully saturated rings. The lowest BCUT2D eigenvalue weighted by atomic mass is 10.5. The van der Waals surface area contributed by atoms with Crippen LogP contribution in [0, 0.1) is 0 Å². The third-order valence-electron chi connectivity index (χ3n) is 1.29. The van der Waals surface area contributed by atoms with Crippen molar-refractivity contribution < 1.29 is 13.6 Å². The Labute approximate surface area is 57.5 Å². The van der Waals surface area contributed by atoms with Gasteiger partial charge in [-0.1, -0.05) is 0 Å². The van der Waals surface area contributed by atoms with Gasteiger partial charge in [-0.2, -0.15) is 0 Å². The van der Waals surface area contributed by atoms with E-state index in [-0.39, 0.29) is 14.9 Å². The Hall–Kier alpha value is 0.0200. The summed E-state index contributed by atoms with van der Waals surface area (Å²) in [5.74, 6) is 0. The predicted molar refractivity (Wildman–Crippen MR) is 36.2 cm³/mol. The molecule has 0 bridgehead atoms. The first kappa shape index (κ1) is 9.02. The van der Waals surface area contributed by atoms with E-state index in [2.05, 4.69) is 0 Å². The number of nitrogens with zero attached hydrogens (tertiary/aromatic N) is 1. The van der Waals surface area contributed by atoms with Gasteiger partial charge in [0.25, 0.3) is 0 Å². The van der Waals surface area contributed by atoms with Crippen molar-refractivity contribution >= 4 is 8.69 Å². The molecule has 0 saturated heterocycles. The maximum Gasteiger partial charge on any atom is 0.332 e. The van der Waals surface area contributed by atoms with E-state index < -0.39 is 0 Å². The zero-order chi connectivity index (χ0) is 7.49. The van der Waals surface area contributed by atoms with Crippen molar-refractivity contribution in [3.05, 3.63) is 0 Å². The van der Waals surface area contributed by atoms with E-state index in [1.807, 2.05) is 28.1 Å². The van der Waals surface area contributed by atoms with Gasteiger partial charge in [0.2, 0.25) is 6.23 Å². The number of hydrogen-bond acceptors (Lipinski definition) is 2. The highest BCUT2D eigenvalue weighted by Crippen LogP contribution is 2.09. The van der Waals surface area contributed by atoms with Crippen LogP contribution in [0.1, 0.15) is 6.92 Å². The van der Waals surface area contributed by atoms with Crippen LogP contribution in [-0.2, 0) is 9.09 Å². The van der Waals surface area contributed by atoms with E-state index in [0.717, 1.165) is 0 Å². The molecule has 0 aliphatic carbocycles. The van der Waals surface area contributed by atoms with Gasteiger partial charge in [-0.15, -0.1) is 0 Å². The lowest BCUT2D eigenvalue weighted by molar-refractivity contribution is -0.912. The van der Waals surface area contributed by atoms with E-state index >= 15 is 0 Å². The van der Waals surface area contributed by atoms with Crippen LogP contribution in [0.15, 0.2) is 0 Å². The van der Waals surface area contributed by atoms with E-state index in [1.165, 1.54) is 0 Å². The van der Waals surface area contributed by atoms with E-state index in [4.69, 9.17) is 4.52 Å². The van der Waals surface area contributed by atoms with Crippen molar-refractivity contribution in [3.63, 3.8) is 0 Å². The summed E-state index contributed by atoms with van der Waals surface area (Å²) < 4.78 is 15.4. The standard InChI is InChI=1S/C5H13NO2P/c1-5(8-9-7)6(2,3)4/h5H,1-4H3/q+1. The smallest absolute Gasteiger partial charge is 0.305 e. The number of quaternary nitrogens is 1. The summed E-state index contributed by atoms with van der Waals surface area (Å²) in [7, 11) is 5.70. The topological polar surface area (TPSA) is 26.3 Å². The zero-order valence-electron chi connectivity index (χ0n) is 6.29. The summed E-state index contributed by atoms with van der Waals surface area (Å²) in [5, 5.41) is 0. The average molecular weight is 150 g/mol. The molecule has 0 rings (SSSR count). The predicted octanol–water partition coefficient (Wildman–Crippen LogP) is 1.26. The molecule has 0 spiro atoms. The van der Waals surface area contributed by atoms with Crippen LogP contribution < -0.4 is 0 Å².